The Morgan fingerprint density at radius 2 is 1.88 bits per heavy atom. The van der Waals surface area contributed by atoms with Crippen molar-refractivity contribution in [2.45, 2.75) is 25.2 Å². The van der Waals surface area contributed by atoms with E-state index < -0.39 is 0 Å². The summed E-state index contributed by atoms with van der Waals surface area (Å²) in [4.78, 5) is 25.3. The number of rotatable bonds is 9. The summed E-state index contributed by atoms with van der Waals surface area (Å²) in [6.07, 6.45) is 0.146. The van der Waals surface area contributed by atoms with E-state index in [0.717, 1.165) is 0 Å². The second kappa shape index (κ2) is 10.4. The van der Waals surface area contributed by atoms with Crippen LogP contribution in [0.1, 0.15) is 18.0 Å². The molecule has 2 aromatic heterocycles. The van der Waals surface area contributed by atoms with Crippen molar-refractivity contribution in [3.8, 4) is 11.4 Å². The normalized spacial score (nSPS) is 10.9. The number of para-hydroxylation sites is 1. The number of anilines is 1. The number of benzene rings is 2. The van der Waals surface area contributed by atoms with Crippen LogP contribution in [0.4, 0.5) is 10.1 Å². The van der Waals surface area contributed by atoms with Gasteiger partial charge in [0.25, 0.3) is 16.7 Å². The molecule has 0 atom stereocenters. The molecule has 0 aliphatic heterocycles. The largest absolute Gasteiger partial charge is 0.484 e. The Labute approximate surface area is 198 Å². The van der Waals surface area contributed by atoms with Crippen molar-refractivity contribution in [3.63, 3.8) is 0 Å². The summed E-state index contributed by atoms with van der Waals surface area (Å²) >= 11 is 1.22. The molecule has 176 valence electrons. The van der Waals surface area contributed by atoms with Gasteiger partial charge < -0.3 is 14.5 Å². The fourth-order valence-electron chi connectivity index (χ4n) is 3.18. The van der Waals surface area contributed by atoms with E-state index in [1.165, 1.54) is 40.7 Å². The number of ether oxygens (including phenoxy) is 1. The maximum absolute atomic E-state index is 12.9. The number of thioether (sulfide) groups is 1. The van der Waals surface area contributed by atoms with Gasteiger partial charge in [-0.1, -0.05) is 30.0 Å². The number of carbonyl (C=O) groups excluding carboxylic acids is 1. The molecule has 0 aliphatic rings. The van der Waals surface area contributed by atoms with Gasteiger partial charge in [0.15, 0.2) is 6.61 Å². The maximum Gasteiger partial charge on any atom is 0.295 e. The van der Waals surface area contributed by atoms with Crippen molar-refractivity contribution < 1.29 is 18.3 Å². The zero-order valence-electron chi connectivity index (χ0n) is 18.5. The van der Waals surface area contributed by atoms with Gasteiger partial charge in [-0.15, -0.1) is 10.2 Å². The van der Waals surface area contributed by atoms with Crippen molar-refractivity contribution >= 4 is 23.4 Å². The van der Waals surface area contributed by atoms with Crippen molar-refractivity contribution in [1.82, 2.24) is 19.6 Å². The fraction of sp³-hybridized carbons (Fsp3) is 0.217. The standard InChI is InChI=1S/C23H22FN5O4S/c1-15-21(22(31)29(28(15)2)17-6-4-3-5-7-17)25-19(30)12-13-34-23-27-26-20(33-23)14-32-18-10-8-16(24)9-11-18/h3-11H,12-14H2,1-2H3,(H,25,30). The molecule has 1 amide bonds. The minimum Gasteiger partial charge on any atom is -0.484 e. The molecular formula is C23H22FN5O4S. The van der Waals surface area contributed by atoms with E-state index in [0.29, 0.717) is 28.1 Å². The predicted molar refractivity (Wildman–Crippen MR) is 125 cm³/mol. The Hall–Kier alpha value is -3.86. The van der Waals surface area contributed by atoms with Crippen LogP contribution >= 0.6 is 11.8 Å². The lowest BCUT2D eigenvalue weighted by molar-refractivity contribution is -0.115. The molecule has 4 aromatic rings. The van der Waals surface area contributed by atoms with E-state index in [9.17, 15) is 14.0 Å². The van der Waals surface area contributed by atoms with Crippen LogP contribution in [0.15, 0.2) is 69.0 Å². The molecular weight excluding hydrogens is 461 g/mol. The molecule has 2 aromatic carbocycles. The quantitative estimate of drug-likeness (QED) is 0.362. The van der Waals surface area contributed by atoms with E-state index in [1.807, 2.05) is 30.3 Å². The van der Waals surface area contributed by atoms with Crippen LogP contribution in [0.3, 0.4) is 0 Å². The Kier molecular flexibility index (Phi) is 7.12. The fourth-order valence-corrected chi connectivity index (χ4v) is 3.89. The number of nitrogens with zero attached hydrogens (tertiary/aromatic N) is 4. The summed E-state index contributed by atoms with van der Waals surface area (Å²) in [5.41, 5.74) is 1.32. The lowest BCUT2D eigenvalue weighted by atomic mass is 10.3. The summed E-state index contributed by atoms with van der Waals surface area (Å²) in [5.74, 6) is 0.478. The van der Waals surface area contributed by atoms with Crippen molar-refractivity contribution in [1.29, 1.82) is 0 Å². The van der Waals surface area contributed by atoms with Gasteiger partial charge in [-0.05, 0) is 43.3 Å². The summed E-state index contributed by atoms with van der Waals surface area (Å²) in [6, 6.07) is 14.8. The molecule has 0 bridgehead atoms. The monoisotopic (exact) mass is 483 g/mol. The van der Waals surface area contributed by atoms with Crippen LogP contribution < -0.4 is 15.6 Å². The number of halogens is 1. The van der Waals surface area contributed by atoms with Gasteiger partial charge in [-0.2, -0.15) is 0 Å². The van der Waals surface area contributed by atoms with Gasteiger partial charge in [0.2, 0.25) is 5.91 Å². The van der Waals surface area contributed by atoms with Gasteiger partial charge in [0, 0.05) is 19.2 Å². The highest BCUT2D eigenvalue weighted by Gasteiger charge is 2.18. The predicted octanol–water partition coefficient (Wildman–Crippen LogP) is 3.71. The highest BCUT2D eigenvalue weighted by molar-refractivity contribution is 7.99. The average molecular weight is 484 g/mol. The first-order valence-corrected chi connectivity index (χ1v) is 11.4. The third kappa shape index (κ3) is 5.37. The average Bonchev–Trinajstić information content (AvgIpc) is 3.37. The lowest BCUT2D eigenvalue weighted by Gasteiger charge is -2.07. The summed E-state index contributed by atoms with van der Waals surface area (Å²) in [7, 11) is 1.77. The van der Waals surface area contributed by atoms with Crippen molar-refractivity contribution in [3.05, 3.63) is 82.4 Å². The smallest absolute Gasteiger partial charge is 0.295 e. The summed E-state index contributed by atoms with van der Waals surface area (Å²) < 4.78 is 27.1. The number of nitrogens with one attached hydrogen (secondary N) is 1. The molecule has 2 heterocycles. The molecule has 0 unspecified atom stereocenters. The van der Waals surface area contributed by atoms with Gasteiger partial charge in [0.05, 0.1) is 11.4 Å². The maximum atomic E-state index is 12.9. The third-order valence-corrected chi connectivity index (χ3v) is 5.82. The number of hydrogen-bond donors (Lipinski definition) is 1. The molecule has 11 heteroatoms. The first kappa shape index (κ1) is 23.3. The molecule has 0 aliphatic carbocycles. The molecule has 0 radical (unpaired) electrons. The zero-order valence-corrected chi connectivity index (χ0v) is 19.3. The second-order valence-corrected chi connectivity index (χ2v) is 8.33. The van der Waals surface area contributed by atoms with Gasteiger partial charge in [0.1, 0.15) is 17.3 Å². The van der Waals surface area contributed by atoms with E-state index in [2.05, 4.69) is 15.5 Å². The minimum absolute atomic E-state index is 0.0423. The number of aromatic nitrogens is 4. The number of hydrogen-bond acceptors (Lipinski definition) is 7. The first-order chi connectivity index (χ1) is 16.4. The van der Waals surface area contributed by atoms with Crippen molar-refractivity contribution in [2.75, 3.05) is 11.1 Å². The molecule has 34 heavy (non-hydrogen) atoms. The SMILES string of the molecule is Cc1c(NC(=O)CCSc2nnc(COc3ccc(F)cc3)o2)c(=O)n(-c2ccccc2)n1C. The van der Waals surface area contributed by atoms with Crippen LogP contribution in [0, 0.1) is 12.7 Å². The molecule has 9 nitrogen and oxygen atoms in total. The first-order valence-electron chi connectivity index (χ1n) is 10.4. The Balaban J connectivity index is 1.29. The van der Waals surface area contributed by atoms with Gasteiger partial charge in [-0.3, -0.25) is 14.3 Å². The van der Waals surface area contributed by atoms with E-state index in [-0.39, 0.29) is 41.9 Å². The molecule has 0 saturated heterocycles. The van der Waals surface area contributed by atoms with Crippen LogP contribution in [0.2, 0.25) is 0 Å². The van der Waals surface area contributed by atoms with Crippen molar-refractivity contribution in [2.24, 2.45) is 7.05 Å². The van der Waals surface area contributed by atoms with Gasteiger partial charge in [-0.25, -0.2) is 9.07 Å². The second-order valence-electron chi connectivity index (χ2n) is 7.29. The van der Waals surface area contributed by atoms with E-state index >= 15 is 0 Å². The van der Waals surface area contributed by atoms with Gasteiger partial charge >= 0.3 is 0 Å². The number of carbonyl (C=O) groups is 1. The van der Waals surface area contributed by atoms with Crippen LogP contribution in [-0.4, -0.2) is 31.2 Å². The molecule has 0 saturated carbocycles. The molecule has 0 fully saturated rings. The Morgan fingerprint density at radius 3 is 2.62 bits per heavy atom. The topological polar surface area (TPSA) is 104 Å². The zero-order chi connectivity index (χ0) is 24.1. The molecule has 0 spiro atoms. The molecule has 1 N–H and O–H groups in total. The summed E-state index contributed by atoms with van der Waals surface area (Å²) in [5, 5.41) is 10.8. The van der Waals surface area contributed by atoms with Crippen LogP contribution in [-0.2, 0) is 18.4 Å². The highest BCUT2D eigenvalue weighted by atomic mass is 32.2. The summed E-state index contributed by atoms with van der Waals surface area (Å²) in [6.45, 7) is 1.82. The number of amides is 1. The van der Waals surface area contributed by atoms with Crippen LogP contribution in [0.5, 0.6) is 5.75 Å². The van der Waals surface area contributed by atoms with Crippen LogP contribution in [0.25, 0.3) is 5.69 Å². The van der Waals surface area contributed by atoms with E-state index in [4.69, 9.17) is 9.15 Å². The molecule has 4 rings (SSSR count). The minimum atomic E-state index is -0.350. The van der Waals surface area contributed by atoms with E-state index in [1.54, 1.807) is 18.7 Å². The third-order valence-electron chi connectivity index (χ3n) is 5.00. The Morgan fingerprint density at radius 1 is 1.15 bits per heavy atom. The lowest BCUT2D eigenvalue weighted by Crippen LogP contribution is -2.23. The Bertz CT molecular complexity index is 1330. The highest BCUT2D eigenvalue weighted by Crippen LogP contribution is 2.20.